The molecule has 0 radical (unpaired) electrons. The van der Waals surface area contributed by atoms with E-state index in [9.17, 15) is 17.6 Å². The van der Waals surface area contributed by atoms with Crippen LogP contribution in [0.25, 0.3) is 26.3 Å². The zero-order valence-electron chi connectivity index (χ0n) is 17.1. The summed E-state index contributed by atoms with van der Waals surface area (Å²) in [7, 11) is 0. The average Bonchev–Trinajstić information content (AvgIpc) is 3.20. The largest absolute Gasteiger partial charge is 0.435 e. The van der Waals surface area contributed by atoms with Crippen molar-refractivity contribution in [3.8, 4) is 10.6 Å². The van der Waals surface area contributed by atoms with E-state index < -0.39 is 17.7 Å². The zero-order chi connectivity index (χ0) is 21.8. The number of hydrogen-bond acceptors (Lipinski definition) is 3. The molecule has 3 nitrogen and oxygen atoms in total. The first kappa shape index (κ1) is 20.8. The van der Waals surface area contributed by atoms with Gasteiger partial charge in [-0.1, -0.05) is 13.8 Å². The van der Waals surface area contributed by atoms with E-state index in [0.29, 0.717) is 21.5 Å². The van der Waals surface area contributed by atoms with Crippen molar-refractivity contribution in [1.29, 1.82) is 0 Å². The Hall–Kier alpha value is -2.48. The van der Waals surface area contributed by atoms with Gasteiger partial charge in [0.2, 0.25) is 0 Å². The number of halogens is 4. The molecule has 0 unspecified atom stereocenters. The summed E-state index contributed by atoms with van der Waals surface area (Å²) in [6.07, 6.45) is -3.06. The lowest BCUT2D eigenvalue weighted by molar-refractivity contribution is -0.140. The van der Waals surface area contributed by atoms with E-state index >= 15 is 0 Å². The summed E-state index contributed by atoms with van der Waals surface area (Å²) in [6, 6.07) is 6.10. The molecule has 1 aromatic carbocycles. The minimum atomic E-state index is -4.64. The maximum absolute atomic E-state index is 14.1. The molecule has 0 aliphatic heterocycles. The van der Waals surface area contributed by atoms with Crippen LogP contribution in [-0.4, -0.2) is 14.6 Å². The van der Waals surface area contributed by atoms with Crippen LogP contribution in [0.4, 0.5) is 17.6 Å². The lowest BCUT2D eigenvalue weighted by atomic mass is 9.95. The summed E-state index contributed by atoms with van der Waals surface area (Å²) in [6.45, 7) is 7.51. The highest BCUT2D eigenvalue weighted by Gasteiger charge is 2.40. The number of aromatic nitrogens is 3. The first-order valence-corrected chi connectivity index (χ1v) is 10.6. The summed E-state index contributed by atoms with van der Waals surface area (Å²) < 4.78 is 58.0. The van der Waals surface area contributed by atoms with Crippen molar-refractivity contribution in [2.75, 3.05) is 0 Å². The van der Waals surface area contributed by atoms with Gasteiger partial charge in [0.05, 0.1) is 10.6 Å². The highest BCUT2D eigenvalue weighted by Crippen LogP contribution is 2.45. The Labute approximate surface area is 175 Å². The van der Waals surface area contributed by atoms with Gasteiger partial charge in [0, 0.05) is 10.3 Å². The van der Waals surface area contributed by atoms with Crippen LogP contribution in [0, 0.1) is 19.7 Å². The fourth-order valence-corrected chi connectivity index (χ4v) is 5.24. The standard InChI is InChI=1S/C22H21F4N3S/c1-5-13(6-2)16-9-11(3)28-29-18(20(22(24,25)26)27-21(16)29)19-12(4)15-10-14(23)7-8-17(15)30-19/h7-10,13H,5-6H2,1-4H3. The number of imidazole rings is 1. The number of fused-ring (bicyclic) bond motifs is 2. The van der Waals surface area contributed by atoms with Gasteiger partial charge >= 0.3 is 6.18 Å². The predicted molar refractivity (Wildman–Crippen MR) is 112 cm³/mol. The molecule has 0 bridgehead atoms. The van der Waals surface area contributed by atoms with E-state index in [0.717, 1.165) is 23.1 Å². The fourth-order valence-electron chi connectivity index (χ4n) is 4.02. The number of hydrogen-bond donors (Lipinski definition) is 0. The van der Waals surface area contributed by atoms with Crippen molar-refractivity contribution in [2.45, 2.75) is 52.6 Å². The van der Waals surface area contributed by atoms with Gasteiger partial charge in [0.15, 0.2) is 11.3 Å². The highest BCUT2D eigenvalue weighted by atomic mass is 32.1. The Bertz CT molecular complexity index is 1250. The summed E-state index contributed by atoms with van der Waals surface area (Å²) in [5.41, 5.74) is 1.19. The molecule has 0 spiro atoms. The second-order valence-corrected chi connectivity index (χ2v) is 8.55. The normalized spacial score (nSPS) is 12.6. The highest BCUT2D eigenvalue weighted by molar-refractivity contribution is 7.22. The summed E-state index contributed by atoms with van der Waals surface area (Å²) in [5, 5.41) is 5.02. The summed E-state index contributed by atoms with van der Waals surface area (Å²) >= 11 is 1.20. The molecule has 0 aliphatic rings. The molecular formula is C22H21F4N3S. The van der Waals surface area contributed by atoms with Crippen LogP contribution in [0.1, 0.15) is 55.1 Å². The first-order valence-electron chi connectivity index (χ1n) is 9.82. The van der Waals surface area contributed by atoms with E-state index in [1.54, 1.807) is 19.9 Å². The van der Waals surface area contributed by atoms with Crippen LogP contribution in [0.3, 0.4) is 0 Å². The van der Waals surface area contributed by atoms with E-state index in [4.69, 9.17) is 0 Å². The quantitative estimate of drug-likeness (QED) is 0.315. The minimum absolute atomic E-state index is 0.0764. The Morgan fingerprint density at radius 3 is 2.43 bits per heavy atom. The lowest BCUT2D eigenvalue weighted by Gasteiger charge is -2.14. The number of thiophene rings is 1. The van der Waals surface area contributed by atoms with Gasteiger partial charge in [-0.2, -0.15) is 18.3 Å². The van der Waals surface area contributed by atoms with Gasteiger partial charge in [0.25, 0.3) is 0 Å². The molecule has 0 fully saturated rings. The number of nitrogens with zero attached hydrogens (tertiary/aromatic N) is 3. The predicted octanol–water partition coefficient (Wildman–Crippen LogP) is 7.29. The lowest BCUT2D eigenvalue weighted by Crippen LogP contribution is -2.08. The molecule has 4 aromatic rings. The number of benzene rings is 1. The van der Waals surface area contributed by atoms with E-state index in [-0.39, 0.29) is 17.3 Å². The van der Waals surface area contributed by atoms with Crippen LogP contribution in [-0.2, 0) is 6.18 Å². The smallest absolute Gasteiger partial charge is 0.221 e. The molecule has 158 valence electrons. The van der Waals surface area contributed by atoms with Gasteiger partial charge in [-0.3, -0.25) is 0 Å². The molecule has 0 N–H and O–H groups in total. The van der Waals surface area contributed by atoms with E-state index in [1.807, 2.05) is 19.9 Å². The average molecular weight is 435 g/mol. The third-order valence-corrected chi connectivity index (χ3v) is 6.82. The topological polar surface area (TPSA) is 30.2 Å². The molecule has 4 rings (SSSR count). The molecule has 0 aliphatic carbocycles. The first-order chi connectivity index (χ1) is 14.2. The van der Waals surface area contributed by atoms with Gasteiger partial charge in [-0.15, -0.1) is 11.3 Å². The second-order valence-electron chi connectivity index (χ2n) is 7.49. The molecule has 30 heavy (non-hydrogen) atoms. The summed E-state index contributed by atoms with van der Waals surface area (Å²) in [4.78, 5) is 4.46. The van der Waals surface area contributed by atoms with Gasteiger partial charge in [-0.05, 0) is 67.8 Å². The van der Waals surface area contributed by atoms with Crippen molar-refractivity contribution in [3.63, 3.8) is 0 Å². The van der Waals surface area contributed by atoms with Crippen molar-refractivity contribution >= 4 is 27.1 Å². The number of alkyl halides is 3. The Morgan fingerprint density at radius 2 is 1.80 bits per heavy atom. The van der Waals surface area contributed by atoms with Crippen molar-refractivity contribution in [2.24, 2.45) is 0 Å². The van der Waals surface area contributed by atoms with Crippen LogP contribution in [0.15, 0.2) is 24.3 Å². The molecule has 0 amide bonds. The zero-order valence-corrected chi connectivity index (χ0v) is 17.9. The van der Waals surface area contributed by atoms with Crippen LogP contribution in [0.5, 0.6) is 0 Å². The van der Waals surface area contributed by atoms with Gasteiger partial charge in [0.1, 0.15) is 11.5 Å². The second kappa shape index (κ2) is 7.34. The molecular weight excluding hydrogens is 414 g/mol. The Kier molecular flexibility index (Phi) is 5.08. The molecule has 0 atom stereocenters. The van der Waals surface area contributed by atoms with Gasteiger partial charge in [-0.25, -0.2) is 13.9 Å². The van der Waals surface area contributed by atoms with E-state index in [1.165, 1.54) is 28.0 Å². The van der Waals surface area contributed by atoms with Crippen LogP contribution >= 0.6 is 11.3 Å². The van der Waals surface area contributed by atoms with E-state index in [2.05, 4.69) is 10.1 Å². The van der Waals surface area contributed by atoms with Crippen molar-refractivity contribution in [3.05, 3.63) is 52.6 Å². The third kappa shape index (κ3) is 3.27. The fraction of sp³-hybridized carbons (Fsp3) is 0.364. The minimum Gasteiger partial charge on any atom is -0.221 e. The molecule has 3 heterocycles. The van der Waals surface area contributed by atoms with Crippen LogP contribution in [0.2, 0.25) is 0 Å². The third-order valence-electron chi connectivity index (χ3n) is 5.54. The van der Waals surface area contributed by atoms with Crippen molar-refractivity contribution < 1.29 is 17.6 Å². The number of aryl methyl sites for hydroxylation is 2. The number of rotatable bonds is 4. The Balaban J connectivity index is 2.13. The molecule has 0 saturated heterocycles. The van der Waals surface area contributed by atoms with Crippen LogP contribution < -0.4 is 0 Å². The summed E-state index contributed by atoms with van der Waals surface area (Å²) in [5.74, 6) is -0.336. The monoisotopic (exact) mass is 435 g/mol. The molecule has 8 heteroatoms. The van der Waals surface area contributed by atoms with Crippen molar-refractivity contribution in [1.82, 2.24) is 14.6 Å². The SMILES string of the molecule is CCC(CC)c1cc(C)nn2c(-c3sc4ccc(F)cc4c3C)c(C(F)(F)F)nc12. The van der Waals surface area contributed by atoms with Gasteiger partial charge < -0.3 is 0 Å². The molecule has 0 saturated carbocycles. The maximum Gasteiger partial charge on any atom is 0.435 e. The molecule has 3 aromatic heterocycles. The Morgan fingerprint density at radius 1 is 1.10 bits per heavy atom. The maximum atomic E-state index is 14.1.